The van der Waals surface area contributed by atoms with Crippen LogP contribution in [-0.2, 0) is 0 Å². The highest BCUT2D eigenvalue weighted by Gasteiger charge is 2.21. The number of nitrogen functional groups attached to an aromatic ring is 1. The van der Waals surface area contributed by atoms with Crippen LogP contribution in [0.4, 0.5) is 21.8 Å². The molecular weight excluding hydrogens is 389 g/mol. The third-order valence-corrected chi connectivity index (χ3v) is 5.85. The standard InChI is InChI=1S/C25H24FN5/c1-17-2-9-21(10-3-17)30-12-14-31(15-13-30)24-22-16-19(18-4-7-20(26)8-5-18)6-11-23(22)28-25(27)29-24/h2-11,16H,12-15H2,1H3,(H2,27,28,29). The normalized spacial score (nSPS) is 14.3. The van der Waals surface area contributed by atoms with E-state index in [1.807, 2.05) is 12.1 Å². The van der Waals surface area contributed by atoms with Gasteiger partial charge >= 0.3 is 0 Å². The summed E-state index contributed by atoms with van der Waals surface area (Å²) in [5.74, 6) is 0.890. The largest absolute Gasteiger partial charge is 0.368 e. The van der Waals surface area contributed by atoms with E-state index < -0.39 is 0 Å². The molecule has 1 aliphatic heterocycles. The van der Waals surface area contributed by atoms with E-state index in [2.05, 4.69) is 57.0 Å². The van der Waals surface area contributed by atoms with Crippen molar-refractivity contribution in [2.45, 2.75) is 6.92 Å². The van der Waals surface area contributed by atoms with Crippen LogP contribution in [0.15, 0.2) is 66.7 Å². The first-order chi connectivity index (χ1) is 15.1. The highest BCUT2D eigenvalue weighted by atomic mass is 19.1. The second-order valence-corrected chi connectivity index (χ2v) is 7.95. The fourth-order valence-electron chi connectivity index (χ4n) is 4.12. The first kappa shape index (κ1) is 19.3. The number of piperazine rings is 1. The zero-order valence-corrected chi connectivity index (χ0v) is 17.4. The van der Waals surface area contributed by atoms with E-state index in [-0.39, 0.29) is 11.8 Å². The average Bonchev–Trinajstić information content (AvgIpc) is 2.79. The van der Waals surface area contributed by atoms with Gasteiger partial charge in [-0.15, -0.1) is 0 Å². The van der Waals surface area contributed by atoms with Gasteiger partial charge in [0.05, 0.1) is 5.52 Å². The molecule has 0 aliphatic carbocycles. The molecule has 3 aromatic carbocycles. The van der Waals surface area contributed by atoms with E-state index in [1.165, 1.54) is 23.4 Å². The van der Waals surface area contributed by atoms with Crippen LogP contribution < -0.4 is 15.5 Å². The Morgan fingerprint density at radius 1 is 0.774 bits per heavy atom. The molecule has 0 bridgehead atoms. The molecule has 0 amide bonds. The van der Waals surface area contributed by atoms with E-state index in [1.54, 1.807) is 12.1 Å². The fourth-order valence-corrected chi connectivity index (χ4v) is 4.12. The first-order valence-electron chi connectivity index (χ1n) is 10.5. The highest BCUT2D eigenvalue weighted by Crippen LogP contribution is 2.31. The van der Waals surface area contributed by atoms with Crippen molar-refractivity contribution in [3.63, 3.8) is 0 Å². The van der Waals surface area contributed by atoms with Crippen LogP contribution in [-0.4, -0.2) is 36.1 Å². The smallest absolute Gasteiger partial charge is 0.222 e. The van der Waals surface area contributed by atoms with Crippen molar-refractivity contribution >= 4 is 28.4 Å². The number of nitrogens with two attached hydrogens (primary N) is 1. The second-order valence-electron chi connectivity index (χ2n) is 7.95. The zero-order valence-electron chi connectivity index (χ0n) is 17.4. The third-order valence-electron chi connectivity index (χ3n) is 5.85. The topological polar surface area (TPSA) is 58.3 Å². The summed E-state index contributed by atoms with van der Waals surface area (Å²) < 4.78 is 13.3. The number of halogens is 1. The zero-order chi connectivity index (χ0) is 21.4. The summed E-state index contributed by atoms with van der Waals surface area (Å²) in [5.41, 5.74) is 11.3. The van der Waals surface area contributed by atoms with Gasteiger partial charge in [-0.05, 0) is 54.4 Å². The molecule has 0 radical (unpaired) electrons. The minimum absolute atomic E-state index is 0.243. The molecule has 1 fully saturated rings. The number of aryl methyl sites for hydroxylation is 1. The molecule has 1 saturated heterocycles. The van der Waals surface area contributed by atoms with Gasteiger partial charge in [-0.3, -0.25) is 0 Å². The number of nitrogens with zero attached hydrogens (tertiary/aromatic N) is 4. The van der Waals surface area contributed by atoms with Crippen LogP contribution in [0.3, 0.4) is 0 Å². The number of hydrogen-bond acceptors (Lipinski definition) is 5. The van der Waals surface area contributed by atoms with Gasteiger partial charge in [0.1, 0.15) is 11.6 Å². The van der Waals surface area contributed by atoms with E-state index in [0.29, 0.717) is 0 Å². The molecule has 1 aliphatic rings. The molecule has 1 aromatic heterocycles. The van der Waals surface area contributed by atoms with Gasteiger partial charge in [-0.1, -0.05) is 35.9 Å². The molecule has 0 unspecified atom stereocenters. The lowest BCUT2D eigenvalue weighted by Gasteiger charge is -2.37. The van der Waals surface area contributed by atoms with Gasteiger partial charge < -0.3 is 15.5 Å². The number of benzene rings is 3. The monoisotopic (exact) mass is 413 g/mol. The first-order valence-corrected chi connectivity index (χ1v) is 10.5. The van der Waals surface area contributed by atoms with Crippen molar-refractivity contribution in [2.24, 2.45) is 0 Å². The van der Waals surface area contributed by atoms with Crippen LogP contribution >= 0.6 is 0 Å². The van der Waals surface area contributed by atoms with Gasteiger partial charge in [0.2, 0.25) is 5.95 Å². The van der Waals surface area contributed by atoms with Crippen molar-refractivity contribution in [1.82, 2.24) is 9.97 Å². The third kappa shape index (κ3) is 3.89. The van der Waals surface area contributed by atoms with E-state index in [0.717, 1.165) is 54.0 Å². The number of fused-ring (bicyclic) bond motifs is 1. The van der Waals surface area contributed by atoms with Crippen LogP contribution in [0, 0.1) is 12.7 Å². The van der Waals surface area contributed by atoms with E-state index in [9.17, 15) is 4.39 Å². The maximum Gasteiger partial charge on any atom is 0.222 e. The van der Waals surface area contributed by atoms with E-state index in [4.69, 9.17) is 5.73 Å². The lowest BCUT2D eigenvalue weighted by atomic mass is 10.0. The quantitative estimate of drug-likeness (QED) is 0.530. The molecule has 5 nitrogen and oxygen atoms in total. The minimum Gasteiger partial charge on any atom is -0.368 e. The Labute approximate surface area is 181 Å². The van der Waals surface area contributed by atoms with Gasteiger partial charge in [0.25, 0.3) is 0 Å². The molecule has 0 atom stereocenters. The number of hydrogen-bond donors (Lipinski definition) is 1. The summed E-state index contributed by atoms with van der Waals surface area (Å²) in [5, 5.41) is 0.958. The fraction of sp³-hybridized carbons (Fsp3) is 0.200. The summed E-state index contributed by atoms with van der Waals surface area (Å²) in [6, 6.07) is 21.2. The minimum atomic E-state index is -0.243. The molecular formula is C25H24FN5. The number of anilines is 3. The van der Waals surface area contributed by atoms with Gasteiger partial charge in [-0.2, -0.15) is 4.98 Å². The molecule has 31 heavy (non-hydrogen) atoms. The SMILES string of the molecule is Cc1ccc(N2CCN(c3nc(N)nc4ccc(-c5ccc(F)cc5)cc34)CC2)cc1. The van der Waals surface area contributed by atoms with Crippen molar-refractivity contribution in [2.75, 3.05) is 41.7 Å². The molecule has 156 valence electrons. The van der Waals surface area contributed by atoms with Crippen LogP contribution in [0.2, 0.25) is 0 Å². The average molecular weight is 414 g/mol. The van der Waals surface area contributed by atoms with Crippen molar-refractivity contribution in [3.8, 4) is 11.1 Å². The predicted octanol–water partition coefficient (Wildman–Crippen LogP) is 4.65. The van der Waals surface area contributed by atoms with Crippen molar-refractivity contribution in [3.05, 3.63) is 78.1 Å². The van der Waals surface area contributed by atoms with Gasteiger partial charge in [-0.25, -0.2) is 9.37 Å². The summed E-state index contributed by atoms with van der Waals surface area (Å²) in [7, 11) is 0. The maximum absolute atomic E-state index is 13.3. The molecule has 5 rings (SSSR count). The Morgan fingerprint density at radius 2 is 1.42 bits per heavy atom. The number of rotatable bonds is 3. The summed E-state index contributed by atoms with van der Waals surface area (Å²) in [6.45, 7) is 5.62. The van der Waals surface area contributed by atoms with Crippen molar-refractivity contribution in [1.29, 1.82) is 0 Å². The molecule has 6 heteroatoms. The Kier molecular flexibility index (Phi) is 4.90. The van der Waals surface area contributed by atoms with Gasteiger partial charge in [0.15, 0.2) is 0 Å². The van der Waals surface area contributed by atoms with Crippen LogP contribution in [0.1, 0.15) is 5.56 Å². The lowest BCUT2D eigenvalue weighted by Crippen LogP contribution is -2.47. The summed E-state index contributed by atoms with van der Waals surface area (Å²) >= 11 is 0. The molecule has 0 spiro atoms. The lowest BCUT2D eigenvalue weighted by molar-refractivity contribution is 0.628. The second kappa shape index (κ2) is 7.87. The predicted molar refractivity (Wildman–Crippen MR) is 125 cm³/mol. The summed E-state index contributed by atoms with van der Waals surface area (Å²) in [4.78, 5) is 13.7. The van der Waals surface area contributed by atoms with E-state index >= 15 is 0 Å². The molecule has 2 N–H and O–H groups in total. The highest BCUT2D eigenvalue weighted by molar-refractivity contribution is 5.94. The Morgan fingerprint density at radius 3 is 2.13 bits per heavy atom. The van der Waals surface area contributed by atoms with Crippen LogP contribution in [0.25, 0.3) is 22.0 Å². The molecule has 2 heterocycles. The Bertz CT molecular complexity index is 1210. The van der Waals surface area contributed by atoms with Crippen LogP contribution in [0.5, 0.6) is 0 Å². The van der Waals surface area contributed by atoms with Crippen molar-refractivity contribution < 1.29 is 4.39 Å². The maximum atomic E-state index is 13.3. The Balaban J connectivity index is 1.45. The molecule has 4 aromatic rings. The summed E-state index contributed by atoms with van der Waals surface area (Å²) in [6.07, 6.45) is 0. The number of aromatic nitrogens is 2. The Hall–Kier alpha value is -3.67. The molecule has 0 saturated carbocycles. The van der Waals surface area contributed by atoms with Gasteiger partial charge in [0, 0.05) is 37.3 Å².